The van der Waals surface area contributed by atoms with Crippen molar-refractivity contribution < 1.29 is 9.59 Å². The Bertz CT molecular complexity index is 1020. The molecule has 2 amide bonds. The Morgan fingerprint density at radius 2 is 1.66 bits per heavy atom. The molecule has 3 aromatic rings. The molecule has 0 saturated carbocycles. The average Bonchev–Trinajstić information content (AvgIpc) is 3.10. The smallest absolute Gasteiger partial charge is 0.255 e. The maximum absolute atomic E-state index is 12.5. The van der Waals surface area contributed by atoms with Crippen molar-refractivity contribution in [2.75, 3.05) is 30.3 Å². The fourth-order valence-corrected chi connectivity index (χ4v) is 3.64. The van der Waals surface area contributed by atoms with Gasteiger partial charge < -0.3 is 15.2 Å². The molecular weight excluding hydrogens is 366 g/mol. The Morgan fingerprint density at radius 3 is 2.38 bits per heavy atom. The number of fused-ring (bicyclic) bond motifs is 1. The van der Waals surface area contributed by atoms with Crippen molar-refractivity contribution in [3.8, 4) is 0 Å². The molecule has 2 N–H and O–H groups in total. The number of aromatic nitrogens is 2. The second kappa shape index (κ2) is 8.45. The summed E-state index contributed by atoms with van der Waals surface area (Å²) < 4.78 is 1.91. The number of aryl methyl sites for hydroxylation is 1. The summed E-state index contributed by atoms with van der Waals surface area (Å²) in [6.07, 6.45) is 5.30. The second-order valence-electron chi connectivity index (χ2n) is 7.48. The zero-order chi connectivity index (χ0) is 20.2. The molecule has 0 bridgehead atoms. The number of rotatable bonds is 5. The Hall–Kier alpha value is -3.19. The largest absolute Gasteiger partial charge is 0.334 e. The monoisotopic (exact) mass is 391 g/mol. The topological polar surface area (TPSA) is 79.3 Å². The van der Waals surface area contributed by atoms with E-state index >= 15 is 0 Å². The molecule has 4 rings (SSSR count). The van der Waals surface area contributed by atoms with Crippen molar-refractivity contribution in [2.24, 2.45) is 7.05 Å². The van der Waals surface area contributed by atoms with Crippen LogP contribution in [-0.2, 0) is 11.8 Å². The van der Waals surface area contributed by atoms with Crippen molar-refractivity contribution in [2.45, 2.75) is 19.3 Å². The molecule has 150 valence electrons. The van der Waals surface area contributed by atoms with Crippen molar-refractivity contribution >= 4 is 34.2 Å². The Morgan fingerprint density at radius 1 is 0.966 bits per heavy atom. The van der Waals surface area contributed by atoms with Gasteiger partial charge in [0, 0.05) is 24.0 Å². The van der Waals surface area contributed by atoms with Crippen LogP contribution in [0.25, 0.3) is 11.0 Å². The number of amides is 2. The van der Waals surface area contributed by atoms with Crippen LogP contribution in [0.5, 0.6) is 0 Å². The standard InChI is InChI=1S/C22H25N5O2/c1-26-15-23-19-13-16(5-10-20(19)26)22(29)25-18-8-6-17(7-9-18)24-21(28)14-27-11-3-2-4-12-27/h5-10,13,15H,2-4,11-12,14H2,1H3,(H,24,28)(H,25,29). The molecule has 1 aliphatic heterocycles. The van der Waals surface area contributed by atoms with Crippen LogP contribution < -0.4 is 10.6 Å². The van der Waals surface area contributed by atoms with E-state index in [1.807, 2.05) is 17.7 Å². The van der Waals surface area contributed by atoms with Crippen molar-refractivity contribution in [3.05, 3.63) is 54.4 Å². The first-order valence-corrected chi connectivity index (χ1v) is 9.93. The summed E-state index contributed by atoms with van der Waals surface area (Å²) in [7, 11) is 1.92. The number of imidazole rings is 1. The molecule has 2 heterocycles. The van der Waals surface area contributed by atoms with Crippen LogP contribution in [-0.4, -0.2) is 45.9 Å². The highest BCUT2D eigenvalue weighted by atomic mass is 16.2. The maximum atomic E-state index is 12.5. The molecule has 29 heavy (non-hydrogen) atoms. The summed E-state index contributed by atoms with van der Waals surface area (Å²) in [5.74, 6) is -0.202. The third-order valence-electron chi connectivity index (χ3n) is 5.23. The lowest BCUT2D eigenvalue weighted by Crippen LogP contribution is -2.36. The highest BCUT2D eigenvalue weighted by Crippen LogP contribution is 2.18. The van der Waals surface area contributed by atoms with Crippen molar-refractivity contribution in [1.82, 2.24) is 14.5 Å². The van der Waals surface area contributed by atoms with Crippen LogP contribution in [0.15, 0.2) is 48.8 Å². The number of carbonyl (C=O) groups excluding carboxylic acids is 2. The van der Waals surface area contributed by atoms with Gasteiger partial charge in [0.25, 0.3) is 5.91 Å². The van der Waals surface area contributed by atoms with Gasteiger partial charge in [0.05, 0.1) is 23.9 Å². The average molecular weight is 391 g/mol. The van der Waals surface area contributed by atoms with E-state index in [0.29, 0.717) is 17.8 Å². The second-order valence-corrected chi connectivity index (χ2v) is 7.48. The van der Waals surface area contributed by atoms with E-state index in [4.69, 9.17) is 0 Å². The molecule has 0 unspecified atom stereocenters. The number of anilines is 2. The molecule has 0 aliphatic carbocycles. The summed E-state index contributed by atoms with van der Waals surface area (Å²) in [6.45, 7) is 2.40. The van der Waals surface area contributed by atoms with E-state index in [-0.39, 0.29) is 11.8 Å². The number of hydrogen-bond acceptors (Lipinski definition) is 4. The van der Waals surface area contributed by atoms with Gasteiger partial charge in [-0.05, 0) is 68.4 Å². The summed E-state index contributed by atoms with van der Waals surface area (Å²) in [6, 6.07) is 12.6. The van der Waals surface area contributed by atoms with E-state index in [1.165, 1.54) is 6.42 Å². The van der Waals surface area contributed by atoms with Gasteiger partial charge in [0.1, 0.15) is 0 Å². The molecule has 1 saturated heterocycles. The summed E-state index contributed by atoms with van der Waals surface area (Å²) >= 11 is 0. The predicted octanol–water partition coefficient (Wildman–Crippen LogP) is 3.25. The Kier molecular flexibility index (Phi) is 5.57. The minimum absolute atomic E-state index is 0.00708. The van der Waals surface area contributed by atoms with Crippen LogP contribution in [0.2, 0.25) is 0 Å². The zero-order valence-corrected chi connectivity index (χ0v) is 16.5. The molecule has 1 fully saturated rings. The molecule has 7 nitrogen and oxygen atoms in total. The van der Waals surface area contributed by atoms with Crippen molar-refractivity contribution in [1.29, 1.82) is 0 Å². The van der Waals surface area contributed by atoms with E-state index in [9.17, 15) is 9.59 Å². The Labute approximate surface area is 169 Å². The van der Waals surface area contributed by atoms with Crippen LogP contribution >= 0.6 is 0 Å². The number of nitrogens with one attached hydrogen (secondary N) is 2. The number of carbonyl (C=O) groups is 2. The van der Waals surface area contributed by atoms with Gasteiger partial charge in [-0.2, -0.15) is 0 Å². The van der Waals surface area contributed by atoms with E-state index < -0.39 is 0 Å². The lowest BCUT2D eigenvalue weighted by atomic mass is 10.1. The maximum Gasteiger partial charge on any atom is 0.255 e. The van der Waals surface area contributed by atoms with E-state index in [1.54, 1.807) is 42.7 Å². The third kappa shape index (κ3) is 4.63. The number of nitrogens with zero attached hydrogens (tertiary/aromatic N) is 3. The van der Waals surface area contributed by atoms with E-state index in [0.717, 1.165) is 42.7 Å². The summed E-state index contributed by atoms with van der Waals surface area (Å²) in [5.41, 5.74) is 3.71. The first kappa shape index (κ1) is 19.1. The van der Waals surface area contributed by atoms with Gasteiger partial charge in [-0.15, -0.1) is 0 Å². The van der Waals surface area contributed by atoms with Gasteiger partial charge >= 0.3 is 0 Å². The molecule has 0 atom stereocenters. The predicted molar refractivity (Wildman–Crippen MR) is 114 cm³/mol. The quantitative estimate of drug-likeness (QED) is 0.700. The molecule has 2 aromatic carbocycles. The highest BCUT2D eigenvalue weighted by Gasteiger charge is 2.14. The summed E-state index contributed by atoms with van der Waals surface area (Å²) in [4.78, 5) is 31.2. The van der Waals surface area contributed by atoms with Gasteiger partial charge in [0.2, 0.25) is 5.91 Å². The van der Waals surface area contributed by atoms with Crippen LogP contribution in [0, 0.1) is 0 Å². The molecule has 7 heteroatoms. The molecule has 1 aromatic heterocycles. The van der Waals surface area contributed by atoms with Gasteiger partial charge in [-0.25, -0.2) is 4.98 Å². The fourth-order valence-electron chi connectivity index (χ4n) is 3.64. The van der Waals surface area contributed by atoms with Gasteiger partial charge in [-0.1, -0.05) is 6.42 Å². The number of hydrogen-bond donors (Lipinski definition) is 2. The molecule has 0 radical (unpaired) electrons. The highest BCUT2D eigenvalue weighted by molar-refractivity contribution is 6.06. The number of benzene rings is 2. The number of piperidine rings is 1. The van der Waals surface area contributed by atoms with Crippen molar-refractivity contribution in [3.63, 3.8) is 0 Å². The molecule has 1 aliphatic rings. The zero-order valence-electron chi connectivity index (χ0n) is 16.5. The third-order valence-corrected chi connectivity index (χ3v) is 5.23. The lowest BCUT2D eigenvalue weighted by molar-refractivity contribution is -0.117. The first-order valence-electron chi connectivity index (χ1n) is 9.93. The van der Waals surface area contributed by atoms with E-state index in [2.05, 4.69) is 20.5 Å². The lowest BCUT2D eigenvalue weighted by Gasteiger charge is -2.25. The minimum Gasteiger partial charge on any atom is -0.334 e. The molecule has 0 spiro atoms. The minimum atomic E-state index is -0.195. The first-order chi connectivity index (χ1) is 14.1. The summed E-state index contributed by atoms with van der Waals surface area (Å²) in [5, 5.41) is 5.80. The Balaban J connectivity index is 1.34. The molecular formula is C22H25N5O2. The van der Waals surface area contributed by atoms with Crippen LogP contribution in [0.4, 0.5) is 11.4 Å². The van der Waals surface area contributed by atoms with Crippen LogP contribution in [0.1, 0.15) is 29.6 Å². The number of likely N-dealkylation sites (tertiary alicyclic amines) is 1. The SMILES string of the molecule is Cn1cnc2cc(C(=O)Nc3ccc(NC(=O)CN4CCCCC4)cc3)ccc21. The van der Waals surface area contributed by atoms with Gasteiger partial charge in [-0.3, -0.25) is 14.5 Å². The fraction of sp³-hybridized carbons (Fsp3) is 0.318. The van der Waals surface area contributed by atoms with Crippen LogP contribution in [0.3, 0.4) is 0 Å². The van der Waals surface area contributed by atoms with Gasteiger partial charge in [0.15, 0.2) is 0 Å². The normalized spacial score (nSPS) is 14.7.